The molecule has 0 unspecified atom stereocenters. The van der Waals surface area contributed by atoms with Gasteiger partial charge in [0.15, 0.2) is 11.1 Å². The van der Waals surface area contributed by atoms with E-state index in [9.17, 15) is 9.59 Å². The van der Waals surface area contributed by atoms with Crippen molar-refractivity contribution >= 4 is 33.8 Å². The van der Waals surface area contributed by atoms with Crippen LogP contribution in [0.4, 0.5) is 5.69 Å². The van der Waals surface area contributed by atoms with Crippen LogP contribution in [0.5, 0.6) is 5.75 Å². The number of carbonyl (C=O) groups is 2. The van der Waals surface area contributed by atoms with E-state index in [2.05, 4.69) is 4.98 Å². The van der Waals surface area contributed by atoms with Gasteiger partial charge in [0.25, 0.3) is 5.91 Å². The minimum absolute atomic E-state index is 0.105. The molecule has 0 N–H and O–H groups in total. The number of hydrogen-bond acceptors (Lipinski definition) is 6. The Morgan fingerprint density at radius 1 is 1.21 bits per heavy atom. The molecule has 2 amide bonds. The number of para-hydroxylation sites is 2. The number of amides is 2. The third-order valence-corrected chi connectivity index (χ3v) is 5.92. The fourth-order valence-corrected chi connectivity index (χ4v) is 4.42. The summed E-state index contributed by atoms with van der Waals surface area (Å²) in [6, 6.07) is 7.33. The summed E-state index contributed by atoms with van der Waals surface area (Å²) >= 11 is 1.53. The van der Waals surface area contributed by atoms with Crippen molar-refractivity contribution in [3.05, 3.63) is 47.7 Å². The van der Waals surface area contributed by atoms with Crippen molar-refractivity contribution < 1.29 is 19.1 Å². The monoisotopic (exact) mass is 412 g/mol. The first-order chi connectivity index (χ1) is 14.2. The zero-order chi connectivity index (χ0) is 19.8. The van der Waals surface area contributed by atoms with Crippen molar-refractivity contribution in [3.8, 4) is 5.75 Å². The van der Waals surface area contributed by atoms with Crippen LogP contribution in [0.15, 0.2) is 42.0 Å². The van der Waals surface area contributed by atoms with Gasteiger partial charge in [-0.3, -0.25) is 14.0 Å². The Morgan fingerprint density at radius 2 is 2.03 bits per heavy atom. The fourth-order valence-electron chi connectivity index (χ4n) is 3.70. The third-order valence-electron chi connectivity index (χ3n) is 5.15. The van der Waals surface area contributed by atoms with E-state index in [1.54, 1.807) is 15.9 Å². The number of thiazole rings is 1. The van der Waals surface area contributed by atoms with E-state index in [0.29, 0.717) is 43.4 Å². The van der Waals surface area contributed by atoms with Gasteiger partial charge in [0.2, 0.25) is 5.91 Å². The molecule has 1 atom stereocenters. The molecule has 0 radical (unpaired) electrons. The quantitative estimate of drug-likeness (QED) is 0.653. The minimum Gasteiger partial charge on any atom is -0.476 e. The van der Waals surface area contributed by atoms with Crippen molar-refractivity contribution in [2.45, 2.75) is 12.5 Å². The summed E-state index contributed by atoms with van der Waals surface area (Å²) in [7, 11) is 0. The number of anilines is 1. The maximum atomic E-state index is 13.2. The Bertz CT molecular complexity index is 1030. The number of rotatable bonds is 3. The Balaban J connectivity index is 1.38. The smallest absolute Gasteiger partial charge is 0.265 e. The normalized spacial score (nSPS) is 19.1. The van der Waals surface area contributed by atoms with Crippen LogP contribution in [0.1, 0.15) is 5.69 Å². The summed E-state index contributed by atoms with van der Waals surface area (Å²) in [5.74, 6) is 0.332. The van der Waals surface area contributed by atoms with Gasteiger partial charge in [-0.2, -0.15) is 0 Å². The summed E-state index contributed by atoms with van der Waals surface area (Å²) in [5.41, 5.74) is 1.39. The Labute approximate surface area is 171 Å². The number of aromatic nitrogens is 2. The highest BCUT2D eigenvalue weighted by Crippen LogP contribution is 2.34. The summed E-state index contributed by atoms with van der Waals surface area (Å²) in [5, 5.41) is 1.95. The largest absolute Gasteiger partial charge is 0.476 e. The first-order valence-corrected chi connectivity index (χ1v) is 10.4. The molecule has 8 nitrogen and oxygen atoms in total. The second kappa shape index (κ2) is 7.49. The molecule has 4 heterocycles. The van der Waals surface area contributed by atoms with Gasteiger partial charge in [0.05, 0.1) is 37.6 Å². The third kappa shape index (κ3) is 3.47. The molecule has 0 bridgehead atoms. The number of nitrogens with zero attached hydrogens (tertiary/aromatic N) is 4. The van der Waals surface area contributed by atoms with Crippen molar-refractivity contribution in [2.75, 3.05) is 37.7 Å². The molecule has 1 saturated heterocycles. The van der Waals surface area contributed by atoms with E-state index in [1.165, 1.54) is 11.3 Å². The van der Waals surface area contributed by atoms with Gasteiger partial charge in [-0.25, -0.2) is 4.98 Å². The van der Waals surface area contributed by atoms with E-state index in [1.807, 2.05) is 40.4 Å². The first-order valence-electron chi connectivity index (χ1n) is 9.53. The summed E-state index contributed by atoms with van der Waals surface area (Å²) in [6.45, 7) is 2.32. The van der Waals surface area contributed by atoms with Crippen LogP contribution in [0, 0.1) is 0 Å². The lowest BCUT2D eigenvalue weighted by Crippen LogP contribution is -2.54. The van der Waals surface area contributed by atoms with Crippen LogP contribution in [-0.4, -0.2) is 65.1 Å². The van der Waals surface area contributed by atoms with Crippen molar-refractivity contribution in [1.82, 2.24) is 14.3 Å². The van der Waals surface area contributed by atoms with Gasteiger partial charge in [-0.05, 0) is 12.1 Å². The highest BCUT2D eigenvalue weighted by Gasteiger charge is 2.36. The van der Waals surface area contributed by atoms with Crippen LogP contribution in [-0.2, 0) is 20.7 Å². The number of imidazole rings is 1. The Hall–Kier alpha value is -2.91. The average Bonchev–Trinajstić information content (AvgIpc) is 3.34. The molecule has 2 aliphatic rings. The molecule has 1 aromatic carbocycles. The Morgan fingerprint density at radius 3 is 2.86 bits per heavy atom. The predicted molar refractivity (Wildman–Crippen MR) is 107 cm³/mol. The predicted octanol–water partition coefficient (Wildman–Crippen LogP) is 1.59. The summed E-state index contributed by atoms with van der Waals surface area (Å²) in [4.78, 5) is 34.9. The van der Waals surface area contributed by atoms with E-state index in [0.717, 1.165) is 4.96 Å². The maximum absolute atomic E-state index is 13.2. The molecule has 3 aromatic rings. The van der Waals surface area contributed by atoms with E-state index in [-0.39, 0.29) is 24.8 Å². The fraction of sp³-hybridized carbons (Fsp3) is 0.350. The van der Waals surface area contributed by atoms with Gasteiger partial charge in [0.1, 0.15) is 5.75 Å². The number of morpholine rings is 1. The molecular weight excluding hydrogens is 392 g/mol. The summed E-state index contributed by atoms with van der Waals surface area (Å²) in [6.07, 6.45) is 3.23. The van der Waals surface area contributed by atoms with Crippen molar-refractivity contribution in [2.24, 2.45) is 0 Å². The molecule has 5 rings (SSSR count). The van der Waals surface area contributed by atoms with Crippen molar-refractivity contribution in [1.29, 1.82) is 0 Å². The highest BCUT2D eigenvalue weighted by atomic mass is 32.1. The molecule has 2 aliphatic heterocycles. The van der Waals surface area contributed by atoms with E-state index >= 15 is 0 Å². The topological polar surface area (TPSA) is 76.4 Å². The van der Waals surface area contributed by atoms with Gasteiger partial charge < -0.3 is 19.3 Å². The summed E-state index contributed by atoms with van der Waals surface area (Å²) < 4.78 is 13.2. The van der Waals surface area contributed by atoms with E-state index < -0.39 is 6.10 Å². The minimum atomic E-state index is -0.725. The SMILES string of the molecule is O=C([C@H]1CN(C(=O)Cc2cn3ccsc3n2)c2ccccc2O1)N1CCOCC1. The van der Waals surface area contributed by atoms with Gasteiger partial charge in [-0.1, -0.05) is 12.1 Å². The van der Waals surface area contributed by atoms with Crippen LogP contribution in [0.3, 0.4) is 0 Å². The second-order valence-corrected chi connectivity index (χ2v) is 7.89. The molecule has 0 aliphatic carbocycles. The number of hydrogen-bond donors (Lipinski definition) is 0. The standard InChI is InChI=1S/C20H20N4O4S/c25-18(11-14-12-23-7-10-29-20(23)21-14)24-13-17(19(26)22-5-8-27-9-6-22)28-16-4-2-1-3-15(16)24/h1-4,7,10,12,17H,5-6,8-9,11,13H2/t17-/m1/s1. The highest BCUT2D eigenvalue weighted by molar-refractivity contribution is 7.15. The molecule has 9 heteroatoms. The molecular formula is C20H20N4O4S. The van der Waals surface area contributed by atoms with Crippen LogP contribution >= 0.6 is 11.3 Å². The zero-order valence-electron chi connectivity index (χ0n) is 15.7. The van der Waals surface area contributed by atoms with Gasteiger partial charge in [0, 0.05) is 30.9 Å². The molecule has 0 saturated carbocycles. The molecule has 2 aromatic heterocycles. The average molecular weight is 412 g/mol. The van der Waals surface area contributed by atoms with E-state index in [4.69, 9.17) is 9.47 Å². The number of ether oxygens (including phenoxy) is 2. The van der Waals surface area contributed by atoms with Crippen LogP contribution < -0.4 is 9.64 Å². The second-order valence-electron chi connectivity index (χ2n) is 7.02. The zero-order valence-corrected chi connectivity index (χ0v) is 16.5. The van der Waals surface area contributed by atoms with Crippen LogP contribution in [0.2, 0.25) is 0 Å². The Kier molecular flexibility index (Phi) is 4.69. The van der Waals surface area contributed by atoms with Crippen LogP contribution in [0.25, 0.3) is 4.96 Å². The molecule has 29 heavy (non-hydrogen) atoms. The number of benzene rings is 1. The molecule has 1 fully saturated rings. The molecule has 150 valence electrons. The lowest BCUT2D eigenvalue weighted by molar-refractivity contribution is -0.142. The lowest BCUT2D eigenvalue weighted by atomic mass is 10.1. The number of carbonyl (C=O) groups excluding carboxylic acids is 2. The lowest BCUT2D eigenvalue weighted by Gasteiger charge is -2.37. The molecule has 0 spiro atoms. The first kappa shape index (κ1) is 18.1. The van der Waals surface area contributed by atoms with Crippen molar-refractivity contribution in [3.63, 3.8) is 0 Å². The van der Waals surface area contributed by atoms with Gasteiger partial charge in [-0.15, -0.1) is 11.3 Å². The number of fused-ring (bicyclic) bond motifs is 2. The maximum Gasteiger partial charge on any atom is 0.265 e. The van der Waals surface area contributed by atoms with Gasteiger partial charge >= 0.3 is 0 Å².